The minimum atomic E-state index is -0.462. The van der Waals surface area contributed by atoms with E-state index in [0.717, 1.165) is 16.9 Å². The Morgan fingerprint density at radius 2 is 1.27 bits per heavy atom. The molecule has 0 spiro atoms. The second-order valence-electron chi connectivity index (χ2n) is 11.2. The van der Waals surface area contributed by atoms with Crippen LogP contribution in [0.2, 0.25) is 0 Å². The van der Waals surface area contributed by atoms with Crippen molar-refractivity contribution in [2.75, 3.05) is 15.5 Å². The summed E-state index contributed by atoms with van der Waals surface area (Å²) >= 11 is 0. The molecular weight excluding hydrogens is 554 g/mol. The maximum absolute atomic E-state index is 13.3. The summed E-state index contributed by atoms with van der Waals surface area (Å²) in [6, 6.07) is 27.9. The van der Waals surface area contributed by atoms with Crippen LogP contribution in [0.25, 0.3) is 0 Å². The van der Waals surface area contributed by atoms with Crippen LogP contribution in [0.5, 0.6) is 11.5 Å². The summed E-state index contributed by atoms with van der Waals surface area (Å²) in [5.41, 5.74) is 4.22. The molecule has 1 aliphatic carbocycles. The molecule has 4 aromatic rings. The van der Waals surface area contributed by atoms with Gasteiger partial charge in [-0.3, -0.25) is 19.2 Å². The first-order chi connectivity index (χ1) is 21.3. The highest BCUT2D eigenvalue weighted by atomic mass is 16.5. The second kappa shape index (κ2) is 12.0. The number of carbonyl (C=O) groups is 4. The number of rotatable bonds is 7. The first-order valence-electron chi connectivity index (χ1n) is 14.5. The lowest BCUT2D eigenvalue weighted by Crippen LogP contribution is -2.33. The monoisotopic (exact) mass is 585 g/mol. The van der Waals surface area contributed by atoms with E-state index in [9.17, 15) is 19.2 Å². The number of anilines is 3. The van der Waals surface area contributed by atoms with E-state index in [2.05, 4.69) is 10.6 Å². The topological polar surface area (TPSA) is 105 Å². The zero-order valence-corrected chi connectivity index (χ0v) is 24.4. The van der Waals surface area contributed by atoms with Crippen molar-refractivity contribution in [1.29, 1.82) is 0 Å². The molecule has 0 saturated carbocycles. The van der Waals surface area contributed by atoms with E-state index < -0.39 is 17.7 Å². The average molecular weight is 586 g/mol. The number of aryl methyl sites for hydroxylation is 1. The summed E-state index contributed by atoms with van der Waals surface area (Å²) in [5.74, 6) is -0.723. The number of carbonyl (C=O) groups excluding carboxylic acids is 4. The smallest absolute Gasteiger partial charge is 0.257 e. The van der Waals surface area contributed by atoms with E-state index >= 15 is 0 Å². The number of fused-ring (bicyclic) bond motifs is 1. The molecular formula is C36H31N3O5. The molecule has 1 saturated heterocycles. The van der Waals surface area contributed by atoms with Crippen LogP contribution in [0.3, 0.4) is 0 Å². The van der Waals surface area contributed by atoms with E-state index in [-0.39, 0.29) is 29.0 Å². The third kappa shape index (κ3) is 5.87. The number of benzene rings is 4. The average Bonchev–Trinajstić information content (AvgIpc) is 3.27. The molecule has 1 aliphatic heterocycles. The molecule has 0 aromatic heterocycles. The van der Waals surface area contributed by atoms with E-state index in [1.807, 2.05) is 44.2 Å². The van der Waals surface area contributed by atoms with Gasteiger partial charge >= 0.3 is 0 Å². The Morgan fingerprint density at radius 1 is 0.705 bits per heavy atom. The van der Waals surface area contributed by atoms with E-state index in [0.29, 0.717) is 35.5 Å². The molecule has 2 N–H and O–H groups in total. The van der Waals surface area contributed by atoms with Crippen LogP contribution in [0.4, 0.5) is 17.1 Å². The van der Waals surface area contributed by atoms with Crippen molar-refractivity contribution >= 4 is 40.7 Å². The van der Waals surface area contributed by atoms with Gasteiger partial charge in [0.25, 0.3) is 11.8 Å². The van der Waals surface area contributed by atoms with Gasteiger partial charge in [-0.25, -0.2) is 4.90 Å². The maximum Gasteiger partial charge on any atom is 0.257 e. The van der Waals surface area contributed by atoms with Gasteiger partial charge in [-0.2, -0.15) is 0 Å². The van der Waals surface area contributed by atoms with Gasteiger partial charge in [-0.05, 0) is 99.5 Å². The van der Waals surface area contributed by atoms with Crippen molar-refractivity contribution in [3.05, 3.63) is 125 Å². The number of hydrogen-bond donors (Lipinski definition) is 2. The number of hydrogen-bond acceptors (Lipinski definition) is 5. The Bertz CT molecular complexity index is 1780. The van der Waals surface area contributed by atoms with Crippen LogP contribution in [0.15, 0.2) is 109 Å². The SMILES string of the molecule is CC1=CC[C@@H]2C(=O)N(c3ccccc3C(=O)Nc3ccc(C(=O)Nc4ccc(Oc5ccc(C)cc5)cc4)cc3)C(=O)[C@@H]2C1. The van der Waals surface area contributed by atoms with Crippen LogP contribution in [0.1, 0.15) is 46.0 Å². The predicted molar refractivity (Wildman–Crippen MR) is 169 cm³/mol. The van der Waals surface area contributed by atoms with Crippen molar-refractivity contribution < 1.29 is 23.9 Å². The van der Waals surface area contributed by atoms with Crippen molar-refractivity contribution in [3.63, 3.8) is 0 Å². The lowest BCUT2D eigenvalue weighted by atomic mass is 9.82. The number of ether oxygens (including phenoxy) is 1. The number of allylic oxidation sites excluding steroid dienone is 2. The summed E-state index contributed by atoms with van der Waals surface area (Å²) in [6.45, 7) is 3.98. The summed E-state index contributed by atoms with van der Waals surface area (Å²) < 4.78 is 5.84. The Balaban J connectivity index is 1.09. The summed E-state index contributed by atoms with van der Waals surface area (Å²) in [6.07, 6.45) is 3.09. The fourth-order valence-corrected chi connectivity index (χ4v) is 5.59. The standard InChI is InChI=1S/C36H31N3O5/c1-22-7-16-27(17-8-22)44-28-18-14-26(15-19-28)37-33(40)24-10-12-25(13-11-24)38-34(41)30-5-3-4-6-32(30)39-35(42)29-20-9-23(2)21-31(29)36(39)43/h3-19,29,31H,20-21H2,1-2H3,(H,37,40)(H,38,41)/t29-,31+/m0/s1. The molecule has 4 aromatic carbocycles. The van der Waals surface area contributed by atoms with Gasteiger partial charge in [0.1, 0.15) is 11.5 Å². The second-order valence-corrected chi connectivity index (χ2v) is 11.2. The molecule has 0 radical (unpaired) electrons. The summed E-state index contributed by atoms with van der Waals surface area (Å²) in [4.78, 5) is 53.8. The summed E-state index contributed by atoms with van der Waals surface area (Å²) in [7, 11) is 0. The highest BCUT2D eigenvalue weighted by Crippen LogP contribution is 2.40. The fourth-order valence-electron chi connectivity index (χ4n) is 5.59. The lowest BCUT2D eigenvalue weighted by molar-refractivity contribution is -0.122. The highest BCUT2D eigenvalue weighted by molar-refractivity contribution is 6.25. The van der Waals surface area contributed by atoms with Crippen LogP contribution in [0, 0.1) is 18.8 Å². The molecule has 2 aliphatic rings. The van der Waals surface area contributed by atoms with Crippen LogP contribution < -0.4 is 20.3 Å². The number of nitrogens with one attached hydrogen (secondary N) is 2. The van der Waals surface area contributed by atoms with Gasteiger partial charge in [-0.1, -0.05) is 41.5 Å². The van der Waals surface area contributed by atoms with Crippen molar-refractivity contribution in [3.8, 4) is 11.5 Å². The van der Waals surface area contributed by atoms with Crippen molar-refractivity contribution in [2.45, 2.75) is 26.7 Å². The minimum Gasteiger partial charge on any atom is -0.457 e. The Kier molecular flexibility index (Phi) is 7.81. The van der Waals surface area contributed by atoms with Gasteiger partial charge in [0.15, 0.2) is 0 Å². The predicted octanol–water partition coefficient (Wildman–Crippen LogP) is 7.14. The molecule has 44 heavy (non-hydrogen) atoms. The molecule has 0 unspecified atom stereocenters. The van der Waals surface area contributed by atoms with Gasteiger partial charge < -0.3 is 15.4 Å². The first-order valence-corrected chi connectivity index (χ1v) is 14.5. The third-order valence-corrected chi connectivity index (χ3v) is 7.99. The van der Waals surface area contributed by atoms with E-state index in [1.165, 1.54) is 4.90 Å². The first kappa shape index (κ1) is 28.6. The van der Waals surface area contributed by atoms with Crippen molar-refractivity contribution in [2.24, 2.45) is 11.8 Å². The molecule has 1 fully saturated rings. The van der Waals surface area contributed by atoms with Crippen LogP contribution in [-0.4, -0.2) is 23.6 Å². The maximum atomic E-state index is 13.3. The quantitative estimate of drug-likeness (QED) is 0.177. The largest absolute Gasteiger partial charge is 0.457 e. The molecule has 220 valence electrons. The molecule has 8 heteroatoms. The minimum absolute atomic E-state index is 0.217. The van der Waals surface area contributed by atoms with Crippen molar-refractivity contribution in [1.82, 2.24) is 0 Å². The van der Waals surface area contributed by atoms with Gasteiger partial charge in [0, 0.05) is 16.9 Å². The summed E-state index contributed by atoms with van der Waals surface area (Å²) in [5, 5.41) is 5.68. The number of amides is 4. The van der Waals surface area contributed by atoms with Gasteiger partial charge in [-0.15, -0.1) is 0 Å². The normalized spacial score (nSPS) is 17.5. The molecule has 2 atom stereocenters. The third-order valence-electron chi connectivity index (χ3n) is 7.99. The Labute approximate surface area is 255 Å². The molecule has 4 amide bonds. The molecule has 1 heterocycles. The lowest BCUT2D eigenvalue weighted by Gasteiger charge is -2.19. The number of para-hydroxylation sites is 1. The number of nitrogens with zero attached hydrogens (tertiary/aromatic N) is 1. The molecule has 8 nitrogen and oxygen atoms in total. The molecule has 0 bridgehead atoms. The zero-order chi connectivity index (χ0) is 30.8. The van der Waals surface area contributed by atoms with E-state index in [4.69, 9.17) is 4.74 Å². The zero-order valence-electron chi connectivity index (χ0n) is 24.4. The van der Waals surface area contributed by atoms with Crippen LogP contribution >= 0.6 is 0 Å². The molecule has 6 rings (SSSR count). The highest BCUT2D eigenvalue weighted by Gasteiger charge is 2.49. The fraction of sp³-hybridized carbons (Fsp3) is 0.167. The number of imide groups is 1. The van der Waals surface area contributed by atoms with Crippen LogP contribution in [-0.2, 0) is 9.59 Å². The Morgan fingerprint density at radius 3 is 1.95 bits per heavy atom. The van der Waals surface area contributed by atoms with Gasteiger partial charge in [0.05, 0.1) is 23.1 Å². The Hall–Kier alpha value is -5.50. The van der Waals surface area contributed by atoms with Gasteiger partial charge in [0.2, 0.25) is 11.8 Å². The van der Waals surface area contributed by atoms with E-state index in [1.54, 1.807) is 72.8 Å².